The van der Waals surface area contributed by atoms with Gasteiger partial charge in [0.2, 0.25) is 0 Å². The van der Waals surface area contributed by atoms with Crippen LogP contribution in [0.15, 0.2) is 12.2 Å². The molecule has 0 unspecified atom stereocenters. The summed E-state index contributed by atoms with van der Waals surface area (Å²) < 4.78 is 0. The summed E-state index contributed by atoms with van der Waals surface area (Å²) in [4.78, 5) is 20.5. The van der Waals surface area contributed by atoms with E-state index < -0.39 is 11.9 Å². The van der Waals surface area contributed by atoms with Crippen LogP contribution in [-0.2, 0) is 9.59 Å². The Hall–Kier alpha value is -1.32. The zero-order valence-electron chi connectivity index (χ0n) is 11.6. The van der Waals surface area contributed by atoms with Crippen molar-refractivity contribution in [1.82, 2.24) is 0 Å². The second kappa shape index (κ2) is 13.1. The van der Waals surface area contributed by atoms with Gasteiger partial charge in [-0.05, 0) is 25.7 Å². The van der Waals surface area contributed by atoms with Gasteiger partial charge in [-0.25, -0.2) is 0 Å². The molecule has 0 aliphatic carbocycles. The molecule has 0 rings (SSSR count). The van der Waals surface area contributed by atoms with Gasteiger partial charge in [0, 0.05) is 12.8 Å². The first-order valence-electron chi connectivity index (χ1n) is 7.21. The van der Waals surface area contributed by atoms with Gasteiger partial charge in [0.1, 0.15) is 0 Å². The minimum absolute atomic E-state index is 0.215. The predicted molar refractivity (Wildman–Crippen MR) is 75.2 cm³/mol. The van der Waals surface area contributed by atoms with Crippen molar-refractivity contribution in [2.24, 2.45) is 0 Å². The molecule has 0 amide bonds. The zero-order chi connectivity index (χ0) is 14.3. The Kier molecular flexibility index (Phi) is 12.2. The summed E-state index contributed by atoms with van der Waals surface area (Å²) in [7, 11) is 0. The van der Waals surface area contributed by atoms with Crippen molar-refractivity contribution in [3.05, 3.63) is 12.2 Å². The van der Waals surface area contributed by atoms with Crippen LogP contribution in [0.25, 0.3) is 0 Å². The summed E-state index contributed by atoms with van der Waals surface area (Å²) >= 11 is 0. The molecule has 0 spiro atoms. The third-order valence-electron chi connectivity index (χ3n) is 2.95. The van der Waals surface area contributed by atoms with Crippen LogP contribution in [0, 0.1) is 0 Å². The number of carbonyl (C=O) groups is 2. The van der Waals surface area contributed by atoms with E-state index in [0.29, 0.717) is 12.8 Å². The molecule has 0 radical (unpaired) electrons. The van der Waals surface area contributed by atoms with Crippen LogP contribution >= 0.6 is 0 Å². The second-order valence-electron chi connectivity index (χ2n) is 4.81. The van der Waals surface area contributed by atoms with E-state index in [1.807, 2.05) is 6.08 Å². The highest BCUT2D eigenvalue weighted by Crippen LogP contribution is 2.10. The molecule has 0 fully saturated rings. The lowest BCUT2D eigenvalue weighted by Crippen LogP contribution is -1.93. The van der Waals surface area contributed by atoms with E-state index in [9.17, 15) is 9.59 Å². The molecule has 0 aromatic carbocycles. The Balaban J connectivity index is 3.10. The molecule has 0 saturated heterocycles. The van der Waals surface area contributed by atoms with E-state index in [1.165, 1.54) is 19.3 Å². The van der Waals surface area contributed by atoms with Gasteiger partial charge in [-0.1, -0.05) is 44.3 Å². The zero-order valence-corrected chi connectivity index (χ0v) is 11.6. The van der Waals surface area contributed by atoms with Crippen molar-refractivity contribution < 1.29 is 19.8 Å². The van der Waals surface area contributed by atoms with Crippen LogP contribution in [0.3, 0.4) is 0 Å². The number of rotatable bonds is 13. The Morgan fingerprint density at radius 1 is 0.632 bits per heavy atom. The molecule has 4 heteroatoms. The highest BCUT2D eigenvalue weighted by atomic mass is 16.4. The SMILES string of the molecule is O=C(O)CC/C=C\CCCCCCCCCC(=O)O. The molecule has 19 heavy (non-hydrogen) atoms. The number of carboxylic acid groups (broad SMARTS) is 2. The lowest BCUT2D eigenvalue weighted by Gasteiger charge is -2.00. The summed E-state index contributed by atoms with van der Waals surface area (Å²) in [5.41, 5.74) is 0. The van der Waals surface area contributed by atoms with Gasteiger partial charge in [-0.3, -0.25) is 9.59 Å². The van der Waals surface area contributed by atoms with Crippen molar-refractivity contribution in [1.29, 1.82) is 0 Å². The summed E-state index contributed by atoms with van der Waals surface area (Å²) in [6, 6.07) is 0. The van der Waals surface area contributed by atoms with Crippen LogP contribution in [0.4, 0.5) is 0 Å². The highest BCUT2D eigenvalue weighted by Gasteiger charge is 1.96. The van der Waals surface area contributed by atoms with E-state index in [0.717, 1.165) is 32.1 Å². The molecule has 0 aromatic rings. The minimum Gasteiger partial charge on any atom is -0.481 e. The number of unbranched alkanes of at least 4 members (excludes halogenated alkanes) is 7. The fourth-order valence-electron chi connectivity index (χ4n) is 1.86. The van der Waals surface area contributed by atoms with Crippen LogP contribution in [-0.4, -0.2) is 22.2 Å². The molecule has 0 bridgehead atoms. The van der Waals surface area contributed by atoms with Crippen molar-refractivity contribution >= 4 is 11.9 Å². The number of hydrogen-bond acceptors (Lipinski definition) is 2. The quantitative estimate of drug-likeness (QED) is 0.392. The summed E-state index contributed by atoms with van der Waals surface area (Å²) in [5, 5.41) is 16.9. The molecular weight excluding hydrogens is 244 g/mol. The van der Waals surface area contributed by atoms with E-state index >= 15 is 0 Å². The van der Waals surface area contributed by atoms with Crippen molar-refractivity contribution in [2.75, 3.05) is 0 Å². The normalized spacial score (nSPS) is 10.9. The van der Waals surface area contributed by atoms with E-state index in [2.05, 4.69) is 6.08 Å². The number of aliphatic carboxylic acids is 2. The molecule has 110 valence electrons. The number of carboxylic acids is 2. The molecule has 0 aromatic heterocycles. The van der Waals surface area contributed by atoms with Crippen LogP contribution in [0.1, 0.15) is 70.6 Å². The lowest BCUT2D eigenvalue weighted by atomic mass is 10.1. The third-order valence-corrected chi connectivity index (χ3v) is 2.95. The molecule has 4 nitrogen and oxygen atoms in total. The molecule has 0 saturated carbocycles. The van der Waals surface area contributed by atoms with Crippen molar-refractivity contribution in [3.8, 4) is 0 Å². The fourth-order valence-corrected chi connectivity index (χ4v) is 1.86. The molecule has 0 heterocycles. The average molecular weight is 270 g/mol. The first-order valence-corrected chi connectivity index (χ1v) is 7.21. The van der Waals surface area contributed by atoms with E-state index in [4.69, 9.17) is 10.2 Å². The first-order chi connectivity index (χ1) is 9.13. The number of allylic oxidation sites excluding steroid dienone is 2. The standard InChI is InChI=1S/C15H26O4/c16-14(17)12-10-8-6-4-2-1-3-5-7-9-11-13-15(18)19/h6,8H,1-5,7,9-13H2,(H,16,17)(H,18,19)/b8-6-. The molecule has 0 aliphatic heterocycles. The summed E-state index contributed by atoms with van der Waals surface area (Å²) in [6.07, 6.45) is 13.8. The Morgan fingerprint density at radius 3 is 1.68 bits per heavy atom. The van der Waals surface area contributed by atoms with Gasteiger partial charge in [0.05, 0.1) is 0 Å². The second-order valence-corrected chi connectivity index (χ2v) is 4.81. The van der Waals surface area contributed by atoms with Crippen LogP contribution in [0.2, 0.25) is 0 Å². The summed E-state index contributed by atoms with van der Waals surface area (Å²) in [5.74, 6) is -1.44. The monoisotopic (exact) mass is 270 g/mol. The fraction of sp³-hybridized carbons (Fsp3) is 0.733. The van der Waals surface area contributed by atoms with Gasteiger partial charge < -0.3 is 10.2 Å². The maximum atomic E-state index is 10.3. The maximum absolute atomic E-state index is 10.3. The van der Waals surface area contributed by atoms with Crippen LogP contribution < -0.4 is 0 Å². The average Bonchev–Trinajstić information content (AvgIpc) is 2.34. The maximum Gasteiger partial charge on any atom is 0.303 e. The molecule has 0 atom stereocenters. The smallest absolute Gasteiger partial charge is 0.303 e. The highest BCUT2D eigenvalue weighted by molar-refractivity contribution is 5.66. The third kappa shape index (κ3) is 16.7. The van der Waals surface area contributed by atoms with Gasteiger partial charge in [0.25, 0.3) is 0 Å². The topological polar surface area (TPSA) is 74.6 Å². The predicted octanol–water partition coefficient (Wildman–Crippen LogP) is 4.00. The first kappa shape index (κ1) is 17.7. The van der Waals surface area contributed by atoms with Gasteiger partial charge in [-0.15, -0.1) is 0 Å². The molecule has 2 N–H and O–H groups in total. The summed E-state index contributed by atoms with van der Waals surface area (Å²) in [6.45, 7) is 0. The Labute approximate surface area is 115 Å². The van der Waals surface area contributed by atoms with Crippen LogP contribution in [0.5, 0.6) is 0 Å². The van der Waals surface area contributed by atoms with Gasteiger partial charge in [0.15, 0.2) is 0 Å². The van der Waals surface area contributed by atoms with Gasteiger partial charge >= 0.3 is 11.9 Å². The lowest BCUT2D eigenvalue weighted by molar-refractivity contribution is -0.138. The molecular formula is C15H26O4. The minimum atomic E-state index is -0.743. The Morgan fingerprint density at radius 2 is 1.11 bits per heavy atom. The largest absolute Gasteiger partial charge is 0.481 e. The van der Waals surface area contributed by atoms with E-state index in [1.54, 1.807) is 0 Å². The van der Waals surface area contributed by atoms with Gasteiger partial charge in [-0.2, -0.15) is 0 Å². The molecule has 0 aliphatic rings. The Bertz CT molecular complexity index is 271. The van der Waals surface area contributed by atoms with Crippen molar-refractivity contribution in [3.63, 3.8) is 0 Å². The van der Waals surface area contributed by atoms with Crippen molar-refractivity contribution in [2.45, 2.75) is 70.6 Å². The number of hydrogen-bond donors (Lipinski definition) is 2. The van der Waals surface area contributed by atoms with E-state index in [-0.39, 0.29) is 6.42 Å².